The second-order valence-corrected chi connectivity index (χ2v) is 3.21. The average Bonchev–Trinajstić information content (AvgIpc) is 2.33. The van der Waals surface area contributed by atoms with Crippen LogP contribution >= 0.6 is 0 Å². The number of benzene rings is 1. The summed E-state index contributed by atoms with van der Waals surface area (Å²) in [6.07, 6.45) is 0.178. The molecule has 0 aliphatic carbocycles. The van der Waals surface area contributed by atoms with Gasteiger partial charge in [0.15, 0.2) is 0 Å². The van der Waals surface area contributed by atoms with Crippen LogP contribution in [-0.4, -0.2) is 12.8 Å². The maximum absolute atomic E-state index is 11.9. The van der Waals surface area contributed by atoms with Crippen molar-refractivity contribution in [3.05, 3.63) is 40.8 Å². The number of ether oxygens (including phenoxy) is 2. The summed E-state index contributed by atoms with van der Waals surface area (Å²) in [5.41, 5.74) is 0.0358. The van der Waals surface area contributed by atoms with E-state index in [-0.39, 0.29) is 12.4 Å². The molecule has 0 aliphatic rings. The topological polar surface area (TPSA) is 65.7 Å². The molecule has 5 nitrogen and oxygen atoms in total. The normalized spacial score (nSPS) is 10.2. The Morgan fingerprint density at radius 3 is 2.88 bits per heavy atom. The van der Waals surface area contributed by atoms with Crippen molar-refractivity contribution < 1.29 is 18.7 Å². The molecule has 0 unspecified atom stereocenters. The number of hydrogen-bond acceptors (Lipinski definition) is 5. The zero-order valence-corrected chi connectivity index (χ0v) is 9.14. The minimum Gasteiger partial charge on any atom is -0.460 e. The van der Waals surface area contributed by atoms with Crippen molar-refractivity contribution in [1.82, 2.24) is 0 Å². The summed E-state index contributed by atoms with van der Waals surface area (Å²) in [7, 11) is 0. The Balaban J connectivity index is 2.39. The van der Waals surface area contributed by atoms with Gasteiger partial charge in [0.2, 0.25) is 11.2 Å². The Morgan fingerprint density at radius 2 is 2.12 bits per heavy atom. The SMILES string of the molecule is CCOC(=O)Oc1coc2ccccc2c1=O. The summed E-state index contributed by atoms with van der Waals surface area (Å²) >= 11 is 0. The van der Waals surface area contributed by atoms with Crippen LogP contribution < -0.4 is 10.2 Å². The van der Waals surface area contributed by atoms with Gasteiger partial charge in [0, 0.05) is 0 Å². The Bertz CT molecular complexity index is 599. The van der Waals surface area contributed by atoms with Gasteiger partial charge in [-0.15, -0.1) is 0 Å². The van der Waals surface area contributed by atoms with E-state index in [4.69, 9.17) is 9.15 Å². The largest absolute Gasteiger partial charge is 0.514 e. The standard InChI is InChI=1S/C12H10O5/c1-2-15-12(14)17-10-7-16-9-6-4-3-5-8(9)11(10)13/h3-7H,2H2,1H3. The van der Waals surface area contributed by atoms with E-state index in [2.05, 4.69) is 4.74 Å². The molecule has 1 heterocycles. The van der Waals surface area contributed by atoms with Crippen LogP contribution in [0.5, 0.6) is 5.75 Å². The van der Waals surface area contributed by atoms with Crippen LogP contribution in [0.2, 0.25) is 0 Å². The van der Waals surface area contributed by atoms with Crippen LogP contribution in [0.1, 0.15) is 6.92 Å². The molecule has 1 aromatic carbocycles. The van der Waals surface area contributed by atoms with Crippen molar-refractivity contribution in [1.29, 1.82) is 0 Å². The highest BCUT2D eigenvalue weighted by molar-refractivity contribution is 5.78. The molecule has 88 valence electrons. The summed E-state index contributed by atoms with van der Waals surface area (Å²) in [5.74, 6) is -0.179. The van der Waals surface area contributed by atoms with E-state index in [0.717, 1.165) is 6.26 Å². The number of para-hydroxylation sites is 1. The van der Waals surface area contributed by atoms with E-state index in [1.165, 1.54) is 0 Å². The fourth-order valence-corrected chi connectivity index (χ4v) is 1.37. The molecule has 0 N–H and O–H groups in total. The smallest absolute Gasteiger partial charge is 0.460 e. The molecule has 5 heteroatoms. The average molecular weight is 234 g/mol. The van der Waals surface area contributed by atoms with Crippen LogP contribution in [0.4, 0.5) is 4.79 Å². The van der Waals surface area contributed by atoms with Crippen molar-refractivity contribution in [3.8, 4) is 5.75 Å². The van der Waals surface area contributed by atoms with E-state index >= 15 is 0 Å². The third-order valence-corrected chi connectivity index (χ3v) is 2.10. The number of fused-ring (bicyclic) bond motifs is 1. The summed E-state index contributed by atoms with van der Waals surface area (Å²) < 4.78 is 14.5. The number of hydrogen-bond donors (Lipinski definition) is 0. The van der Waals surface area contributed by atoms with Crippen molar-refractivity contribution in [2.24, 2.45) is 0 Å². The number of carbonyl (C=O) groups is 1. The first kappa shape index (κ1) is 11.2. The highest BCUT2D eigenvalue weighted by Crippen LogP contribution is 2.14. The second-order valence-electron chi connectivity index (χ2n) is 3.21. The Morgan fingerprint density at radius 1 is 1.35 bits per heavy atom. The number of rotatable bonds is 2. The van der Waals surface area contributed by atoms with Gasteiger partial charge in [-0.25, -0.2) is 4.79 Å². The lowest BCUT2D eigenvalue weighted by Gasteiger charge is -2.03. The molecule has 0 bridgehead atoms. The van der Waals surface area contributed by atoms with Gasteiger partial charge < -0.3 is 13.9 Å². The van der Waals surface area contributed by atoms with E-state index in [1.54, 1.807) is 31.2 Å². The lowest BCUT2D eigenvalue weighted by Crippen LogP contribution is -2.15. The summed E-state index contributed by atoms with van der Waals surface area (Å²) in [6.45, 7) is 1.82. The van der Waals surface area contributed by atoms with Gasteiger partial charge in [-0.3, -0.25) is 4.79 Å². The molecule has 0 amide bonds. The molecule has 0 saturated heterocycles. The first-order valence-corrected chi connectivity index (χ1v) is 5.07. The first-order chi connectivity index (χ1) is 8.22. The van der Waals surface area contributed by atoms with Gasteiger partial charge >= 0.3 is 6.16 Å². The molecule has 2 rings (SSSR count). The summed E-state index contributed by atoms with van der Waals surface area (Å²) in [6, 6.07) is 6.70. The van der Waals surface area contributed by atoms with E-state index in [9.17, 15) is 9.59 Å². The Hall–Kier alpha value is -2.30. The van der Waals surface area contributed by atoms with Crippen LogP contribution in [0, 0.1) is 0 Å². The summed E-state index contributed by atoms with van der Waals surface area (Å²) in [4.78, 5) is 23.0. The predicted molar refractivity (Wildman–Crippen MR) is 60.1 cm³/mol. The van der Waals surface area contributed by atoms with Crippen molar-refractivity contribution in [2.75, 3.05) is 6.61 Å². The zero-order valence-electron chi connectivity index (χ0n) is 9.14. The molecule has 17 heavy (non-hydrogen) atoms. The highest BCUT2D eigenvalue weighted by Gasteiger charge is 2.12. The second kappa shape index (κ2) is 4.69. The predicted octanol–water partition coefficient (Wildman–Crippen LogP) is 2.33. The summed E-state index contributed by atoms with van der Waals surface area (Å²) in [5, 5.41) is 0.356. The molecule has 0 radical (unpaired) electrons. The van der Waals surface area contributed by atoms with Crippen LogP contribution in [0.3, 0.4) is 0 Å². The minimum absolute atomic E-state index is 0.178. The maximum Gasteiger partial charge on any atom is 0.514 e. The monoisotopic (exact) mass is 234 g/mol. The van der Waals surface area contributed by atoms with Crippen LogP contribution in [0.15, 0.2) is 39.7 Å². The minimum atomic E-state index is -0.921. The molecule has 0 fully saturated rings. The fourth-order valence-electron chi connectivity index (χ4n) is 1.37. The third-order valence-electron chi connectivity index (χ3n) is 2.10. The molecule has 0 aliphatic heterocycles. The van der Waals surface area contributed by atoms with E-state index in [0.29, 0.717) is 11.0 Å². The third kappa shape index (κ3) is 2.28. The van der Waals surface area contributed by atoms with E-state index < -0.39 is 11.6 Å². The van der Waals surface area contributed by atoms with E-state index in [1.807, 2.05) is 0 Å². The molecular formula is C12H10O5. The molecule has 2 aromatic rings. The molecule has 0 saturated carbocycles. The van der Waals surface area contributed by atoms with Crippen LogP contribution in [0.25, 0.3) is 11.0 Å². The van der Waals surface area contributed by atoms with Crippen molar-refractivity contribution in [2.45, 2.75) is 6.92 Å². The zero-order chi connectivity index (χ0) is 12.3. The van der Waals surface area contributed by atoms with Crippen LogP contribution in [-0.2, 0) is 4.74 Å². The lowest BCUT2D eigenvalue weighted by atomic mass is 10.2. The fraction of sp³-hybridized carbons (Fsp3) is 0.167. The van der Waals surface area contributed by atoms with Gasteiger partial charge in [0.25, 0.3) is 0 Å². The van der Waals surface area contributed by atoms with Gasteiger partial charge in [0.05, 0.1) is 12.0 Å². The Kier molecular flexibility index (Phi) is 3.09. The van der Waals surface area contributed by atoms with Gasteiger partial charge in [-0.1, -0.05) is 12.1 Å². The Labute approximate surface area is 96.6 Å². The highest BCUT2D eigenvalue weighted by atomic mass is 16.7. The van der Waals surface area contributed by atoms with Gasteiger partial charge in [-0.2, -0.15) is 0 Å². The van der Waals surface area contributed by atoms with Gasteiger partial charge in [0.1, 0.15) is 11.8 Å². The first-order valence-electron chi connectivity index (χ1n) is 5.07. The molecule has 0 atom stereocenters. The molecule has 1 aromatic heterocycles. The van der Waals surface area contributed by atoms with Crippen molar-refractivity contribution >= 4 is 17.1 Å². The van der Waals surface area contributed by atoms with Gasteiger partial charge in [-0.05, 0) is 19.1 Å². The number of carbonyl (C=O) groups excluding carboxylic acids is 1. The molecule has 0 spiro atoms. The lowest BCUT2D eigenvalue weighted by molar-refractivity contribution is 0.103. The quantitative estimate of drug-likeness (QED) is 0.746. The van der Waals surface area contributed by atoms with Crippen molar-refractivity contribution in [3.63, 3.8) is 0 Å². The maximum atomic E-state index is 11.9. The molecular weight excluding hydrogens is 224 g/mol.